The summed E-state index contributed by atoms with van der Waals surface area (Å²) in [7, 11) is 0. The van der Waals surface area contributed by atoms with Crippen LogP contribution in [0.15, 0.2) is 40.2 Å². The molecule has 0 spiro atoms. The van der Waals surface area contributed by atoms with E-state index >= 15 is 0 Å². The predicted molar refractivity (Wildman–Crippen MR) is 73.2 cm³/mol. The lowest BCUT2D eigenvalue weighted by Gasteiger charge is -2.10. The first-order valence-electron chi connectivity index (χ1n) is 5.47. The molecule has 0 unspecified atom stereocenters. The smallest absolute Gasteiger partial charge is 0.170 e. The molecule has 6 heteroatoms. The highest BCUT2D eigenvalue weighted by atomic mass is 79.9. The van der Waals surface area contributed by atoms with Gasteiger partial charge in [0, 0.05) is 28.9 Å². The van der Waals surface area contributed by atoms with Crippen molar-refractivity contribution in [1.29, 1.82) is 0 Å². The summed E-state index contributed by atoms with van der Waals surface area (Å²) in [4.78, 5) is 4.28. The average Bonchev–Trinajstić information content (AvgIpc) is 2.85. The number of hydrogen-bond donors (Lipinski definition) is 2. The Morgan fingerprint density at radius 1 is 1.56 bits per heavy atom. The summed E-state index contributed by atoms with van der Waals surface area (Å²) in [6, 6.07) is 5.51. The summed E-state index contributed by atoms with van der Waals surface area (Å²) in [5.41, 5.74) is 7.18. The zero-order valence-corrected chi connectivity index (χ0v) is 11.4. The molecule has 94 valence electrons. The Balaban J connectivity index is 2.48. The molecule has 0 saturated carbocycles. The fourth-order valence-corrected chi connectivity index (χ4v) is 2.30. The molecular weight excluding hydrogens is 296 g/mol. The Morgan fingerprint density at radius 3 is 2.94 bits per heavy atom. The number of amidine groups is 1. The van der Waals surface area contributed by atoms with Crippen LogP contribution in [0.2, 0.25) is 0 Å². The van der Waals surface area contributed by atoms with E-state index in [-0.39, 0.29) is 5.84 Å². The van der Waals surface area contributed by atoms with E-state index in [9.17, 15) is 0 Å². The summed E-state index contributed by atoms with van der Waals surface area (Å²) in [5, 5.41) is 11.6. The summed E-state index contributed by atoms with van der Waals surface area (Å²) < 4.78 is 2.86. The van der Waals surface area contributed by atoms with Crippen molar-refractivity contribution < 1.29 is 5.21 Å². The molecule has 0 bridgehead atoms. The number of halogens is 1. The molecule has 0 radical (unpaired) electrons. The summed E-state index contributed by atoms with van der Waals surface area (Å²) in [6.07, 6.45) is 4.52. The largest absolute Gasteiger partial charge is 0.409 e. The van der Waals surface area contributed by atoms with Gasteiger partial charge < -0.3 is 15.5 Å². The predicted octanol–water partition coefficient (Wildman–Crippen LogP) is 2.29. The van der Waals surface area contributed by atoms with Crippen molar-refractivity contribution >= 4 is 21.8 Å². The van der Waals surface area contributed by atoms with Gasteiger partial charge in [0.05, 0.1) is 5.69 Å². The Morgan fingerprint density at radius 2 is 2.33 bits per heavy atom. The molecule has 0 saturated heterocycles. The van der Waals surface area contributed by atoms with Gasteiger partial charge in [-0.15, -0.1) is 0 Å². The van der Waals surface area contributed by atoms with Crippen LogP contribution >= 0.6 is 15.9 Å². The number of aryl methyl sites for hydroxylation is 1. The summed E-state index contributed by atoms with van der Waals surface area (Å²) in [6.45, 7) is 2.05. The van der Waals surface area contributed by atoms with Crippen molar-refractivity contribution in [1.82, 2.24) is 9.55 Å². The number of imidazole rings is 1. The second-order valence-corrected chi connectivity index (χ2v) is 4.57. The van der Waals surface area contributed by atoms with Crippen LogP contribution in [0.5, 0.6) is 0 Å². The maximum Gasteiger partial charge on any atom is 0.170 e. The van der Waals surface area contributed by atoms with E-state index in [4.69, 9.17) is 10.9 Å². The van der Waals surface area contributed by atoms with Gasteiger partial charge in [0.2, 0.25) is 0 Å². The molecular formula is C12H13BrN4O. The standard InChI is InChI=1S/C12H13BrN4O/c1-2-11-15-5-6-17(11)10-4-3-8(7-9(10)13)12(14)16-18/h3-7,18H,2H2,1H3,(H2,14,16). The van der Waals surface area contributed by atoms with E-state index in [2.05, 4.69) is 33.0 Å². The molecule has 1 aromatic heterocycles. The summed E-state index contributed by atoms with van der Waals surface area (Å²) >= 11 is 3.49. The third kappa shape index (κ3) is 2.24. The highest BCUT2D eigenvalue weighted by Crippen LogP contribution is 2.23. The van der Waals surface area contributed by atoms with Crippen molar-refractivity contribution in [2.24, 2.45) is 10.9 Å². The van der Waals surface area contributed by atoms with E-state index in [0.29, 0.717) is 5.56 Å². The van der Waals surface area contributed by atoms with Crippen LogP contribution in [0.1, 0.15) is 18.3 Å². The van der Waals surface area contributed by atoms with Crippen LogP contribution in [0.25, 0.3) is 5.69 Å². The zero-order valence-electron chi connectivity index (χ0n) is 9.84. The molecule has 0 aliphatic heterocycles. The van der Waals surface area contributed by atoms with Gasteiger partial charge in [-0.3, -0.25) is 0 Å². The maximum atomic E-state index is 8.65. The van der Waals surface area contributed by atoms with Gasteiger partial charge in [0.1, 0.15) is 5.82 Å². The van der Waals surface area contributed by atoms with Crippen molar-refractivity contribution in [3.05, 3.63) is 46.5 Å². The Kier molecular flexibility index (Phi) is 3.66. The van der Waals surface area contributed by atoms with E-state index in [1.54, 1.807) is 12.3 Å². The molecule has 3 N–H and O–H groups in total. The normalized spacial score (nSPS) is 11.8. The molecule has 18 heavy (non-hydrogen) atoms. The lowest BCUT2D eigenvalue weighted by Crippen LogP contribution is -2.13. The van der Waals surface area contributed by atoms with Gasteiger partial charge in [-0.05, 0) is 34.1 Å². The Hall–Kier alpha value is -1.82. The van der Waals surface area contributed by atoms with Crippen LogP contribution in [0.4, 0.5) is 0 Å². The first kappa shape index (κ1) is 12.6. The first-order valence-corrected chi connectivity index (χ1v) is 6.26. The zero-order chi connectivity index (χ0) is 13.1. The van der Waals surface area contributed by atoms with Gasteiger partial charge in [0.25, 0.3) is 0 Å². The van der Waals surface area contributed by atoms with Gasteiger partial charge in [0.15, 0.2) is 5.84 Å². The van der Waals surface area contributed by atoms with Crippen LogP contribution in [0, 0.1) is 0 Å². The Bertz CT molecular complexity index is 592. The molecule has 0 atom stereocenters. The average molecular weight is 309 g/mol. The van der Waals surface area contributed by atoms with E-state index in [1.807, 2.05) is 22.9 Å². The SMILES string of the molecule is CCc1nccn1-c1ccc(/C(N)=N/O)cc1Br. The number of rotatable bonds is 3. The van der Waals surface area contributed by atoms with Gasteiger partial charge >= 0.3 is 0 Å². The molecule has 2 rings (SSSR count). The number of nitrogens with two attached hydrogens (primary N) is 1. The monoisotopic (exact) mass is 308 g/mol. The highest BCUT2D eigenvalue weighted by molar-refractivity contribution is 9.10. The fraction of sp³-hybridized carbons (Fsp3) is 0.167. The minimum absolute atomic E-state index is 0.0867. The van der Waals surface area contributed by atoms with Crippen molar-refractivity contribution in [3.8, 4) is 5.69 Å². The molecule has 0 aliphatic rings. The van der Waals surface area contributed by atoms with E-state index in [1.165, 1.54) is 0 Å². The molecule has 1 aromatic carbocycles. The van der Waals surface area contributed by atoms with Gasteiger partial charge in [-0.2, -0.15) is 0 Å². The lowest BCUT2D eigenvalue weighted by molar-refractivity contribution is 0.318. The number of oxime groups is 1. The molecule has 0 aliphatic carbocycles. The van der Waals surface area contributed by atoms with Gasteiger partial charge in [-0.25, -0.2) is 4.98 Å². The number of aromatic nitrogens is 2. The molecule has 1 heterocycles. The molecule has 0 amide bonds. The lowest BCUT2D eigenvalue weighted by atomic mass is 10.2. The highest BCUT2D eigenvalue weighted by Gasteiger charge is 2.09. The van der Waals surface area contributed by atoms with Crippen LogP contribution in [-0.4, -0.2) is 20.6 Å². The first-order chi connectivity index (χ1) is 8.67. The van der Waals surface area contributed by atoms with Crippen molar-refractivity contribution in [2.45, 2.75) is 13.3 Å². The third-order valence-corrected chi connectivity index (χ3v) is 3.28. The van der Waals surface area contributed by atoms with Crippen molar-refractivity contribution in [2.75, 3.05) is 0 Å². The van der Waals surface area contributed by atoms with E-state index < -0.39 is 0 Å². The second-order valence-electron chi connectivity index (χ2n) is 3.72. The van der Waals surface area contributed by atoms with Gasteiger partial charge in [-0.1, -0.05) is 12.1 Å². The number of hydrogen-bond acceptors (Lipinski definition) is 3. The molecule has 5 nitrogen and oxygen atoms in total. The minimum Gasteiger partial charge on any atom is -0.409 e. The fourth-order valence-electron chi connectivity index (χ4n) is 1.73. The quantitative estimate of drug-likeness (QED) is 0.395. The third-order valence-electron chi connectivity index (χ3n) is 2.64. The Labute approximate surface area is 113 Å². The minimum atomic E-state index is 0.0867. The number of benzene rings is 1. The van der Waals surface area contributed by atoms with Crippen LogP contribution in [-0.2, 0) is 6.42 Å². The van der Waals surface area contributed by atoms with E-state index in [0.717, 1.165) is 22.4 Å². The van der Waals surface area contributed by atoms with Crippen molar-refractivity contribution in [3.63, 3.8) is 0 Å². The van der Waals surface area contributed by atoms with Crippen LogP contribution in [0.3, 0.4) is 0 Å². The van der Waals surface area contributed by atoms with Crippen LogP contribution < -0.4 is 5.73 Å². The molecule has 2 aromatic rings. The second kappa shape index (κ2) is 5.22. The molecule has 0 fully saturated rings. The maximum absolute atomic E-state index is 8.65. The topological polar surface area (TPSA) is 76.4 Å². The number of nitrogens with zero attached hydrogens (tertiary/aromatic N) is 3. The summed E-state index contributed by atoms with van der Waals surface area (Å²) in [5.74, 6) is 1.07.